The van der Waals surface area contributed by atoms with Gasteiger partial charge in [-0.05, 0) is 0 Å². The predicted octanol–water partition coefficient (Wildman–Crippen LogP) is 3.17. The molecule has 0 amide bonds. The molecule has 1 N–H and O–H groups in total. The van der Waals surface area contributed by atoms with Gasteiger partial charge in [0.15, 0.2) is 0 Å². The second-order valence-electron chi connectivity index (χ2n) is 3.10. The van der Waals surface area contributed by atoms with Crippen molar-refractivity contribution in [3.63, 3.8) is 0 Å². The second kappa shape index (κ2) is 4.10. The van der Waals surface area contributed by atoms with Crippen molar-refractivity contribution in [1.29, 1.82) is 0 Å². The highest BCUT2D eigenvalue weighted by Crippen LogP contribution is 2.57. The van der Waals surface area contributed by atoms with Gasteiger partial charge in [0.2, 0.25) is 0 Å². The molecule has 13 heteroatoms. The van der Waals surface area contributed by atoms with Crippen molar-refractivity contribution in [3.05, 3.63) is 0 Å². The summed E-state index contributed by atoms with van der Waals surface area (Å²) in [5.41, 5.74) is 0. The number of carboxylic acid groups (broad SMARTS) is 1. The number of carbonyl (C=O) groups is 1. The lowest BCUT2D eigenvalue weighted by atomic mass is 10.6. The molecule has 2 nitrogen and oxygen atoms in total. The lowest BCUT2D eigenvalue weighted by Crippen LogP contribution is -2.68. The Morgan fingerprint density at radius 2 is 0.947 bits per heavy atom. The Labute approximate surface area is 95.3 Å². The average molecular weight is 319 g/mol. The molecule has 0 bridgehead atoms. The average Bonchev–Trinajstić information content (AvgIpc) is 2.14. The topological polar surface area (TPSA) is 37.3 Å². The van der Waals surface area contributed by atoms with Crippen LogP contribution >= 0.6 is 0 Å². The molecule has 0 saturated heterocycles. The first-order chi connectivity index (χ1) is 7.94. The molecule has 0 radical (unpaired) electrons. The van der Waals surface area contributed by atoms with Crippen molar-refractivity contribution < 1.29 is 58.2 Å². The number of rotatable bonds is 4. The quantitative estimate of drug-likeness (QED) is 0.638. The van der Waals surface area contributed by atoms with Gasteiger partial charge in [-0.2, -0.15) is 48.3 Å². The number of hydrogen-bond donors (Lipinski definition) is 1. The number of halogens is 11. The molecule has 0 atom stereocenters. The highest BCUT2D eigenvalue weighted by Gasteiger charge is 2.88. The third-order valence-corrected chi connectivity index (χ3v) is 1.81. The lowest BCUT2D eigenvalue weighted by molar-refractivity contribution is -0.418. The molecule has 0 rings (SSSR count). The fourth-order valence-electron chi connectivity index (χ4n) is 0.707. The van der Waals surface area contributed by atoms with E-state index in [1.165, 1.54) is 0 Å². The van der Waals surface area contributed by atoms with E-state index in [0.29, 0.717) is 0 Å². The summed E-state index contributed by atoms with van der Waals surface area (Å²) in [7, 11) is 0. The van der Waals surface area contributed by atoms with Crippen molar-refractivity contribution in [2.24, 2.45) is 0 Å². The third-order valence-electron chi connectivity index (χ3n) is 1.81. The van der Waals surface area contributed by atoms with Gasteiger partial charge in [0.1, 0.15) is 0 Å². The summed E-state index contributed by atoms with van der Waals surface area (Å²) in [6.45, 7) is 0. The summed E-state index contributed by atoms with van der Waals surface area (Å²) in [5.74, 6) is -33.6. The minimum Gasteiger partial charge on any atom is -0.477 e. The first kappa shape index (κ1) is 17.7. The molecule has 0 unspecified atom stereocenters. The van der Waals surface area contributed by atoms with Crippen LogP contribution in [0.15, 0.2) is 0 Å². The van der Waals surface area contributed by atoms with Crippen LogP contribution in [0.2, 0.25) is 0 Å². The minimum atomic E-state index is -7.68. The first-order valence-electron chi connectivity index (χ1n) is 3.76. The second-order valence-corrected chi connectivity index (χ2v) is 3.10. The standard InChI is InChI=1S/C6HF11O2/c7-2(8,1(18)19)3(9,10)4(11,12)5(13,14)6(15,16)17/h(H,18,19)/i1+1,2+1,3+1,4+1,6+1. The van der Waals surface area contributed by atoms with Crippen LogP contribution < -0.4 is 0 Å². The maximum Gasteiger partial charge on any atom is 0.460 e. The summed E-state index contributed by atoms with van der Waals surface area (Å²) in [4.78, 5) is 9.60. The summed E-state index contributed by atoms with van der Waals surface area (Å²) < 4.78 is 133. The Balaban J connectivity index is 5.99. The van der Waals surface area contributed by atoms with Crippen LogP contribution in [-0.4, -0.2) is 40.9 Å². The molecule has 0 spiro atoms. The zero-order valence-electron chi connectivity index (χ0n) is 8.01. The zero-order valence-corrected chi connectivity index (χ0v) is 8.01. The Hall–Kier alpha value is -1.30. The molecule has 0 aliphatic rings. The van der Waals surface area contributed by atoms with Crippen molar-refractivity contribution >= 4 is 5.97 Å². The van der Waals surface area contributed by atoms with Crippen molar-refractivity contribution in [3.8, 4) is 0 Å². The smallest absolute Gasteiger partial charge is 0.460 e. The number of carboxylic acids is 1. The van der Waals surface area contributed by atoms with Gasteiger partial charge >= 0.3 is 35.8 Å². The van der Waals surface area contributed by atoms with E-state index < -0.39 is 35.8 Å². The van der Waals surface area contributed by atoms with Crippen LogP contribution in [0.25, 0.3) is 0 Å². The SMILES string of the molecule is O=[13C](O)[13C](F)(F)[13C](F)(F)[13C](F)(F)C(F)(F)[13C](F)(F)F. The Morgan fingerprint density at radius 3 is 1.16 bits per heavy atom. The Kier molecular flexibility index (Phi) is 3.82. The van der Waals surface area contributed by atoms with E-state index in [4.69, 9.17) is 5.11 Å². The van der Waals surface area contributed by atoms with E-state index in [0.717, 1.165) is 0 Å². The Bertz CT molecular complexity index is 368. The fraction of sp³-hybridized carbons (Fsp3) is 0.833. The zero-order chi connectivity index (χ0) is 16.1. The molecule has 0 heterocycles. The van der Waals surface area contributed by atoms with E-state index in [9.17, 15) is 53.1 Å². The van der Waals surface area contributed by atoms with Crippen molar-refractivity contribution in [1.82, 2.24) is 0 Å². The molecule has 114 valence electrons. The van der Waals surface area contributed by atoms with Crippen LogP contribution in [0.1, 0.15) is 0 Å². The highest BCUT2D eigenvalue weighted by atomic mass is 19.5. The lowest BCUT2D eigenvalue weighted by Gasteiger charge is -2.35. The molecular weight excluding hydrogens is 318 g/mol. The van der Waals surface area contributed by atoms with E-state index in [1.807, 2.05) is 0 Å². The highest BCUT2D eigenvalue weighted by molar-refractivity contribution is 5.77. The van der Waals surface area contributed by atoms with Crippen LogP contribution in [0.3, 0.4) is 0 Å². The van der Waals surface area contributed by atoms with Crippen LogP contribution in [0, 0.1) is 0 Å². The van der Waals surface area contributed by atoms with E-state index in [1.54, 1.807) is 0 Å². The van der Waals surface area contributed by atoms with Crippen molar-refractivity contribution in [2.75, 3.05) is 0 Å². The maximum absolute atomic E-state index is 12.4. The molecule has 0 fully saturated rings. The van der Waals surface area contributed by atoms with Gasteiger partial charge in [-0.25, -0.2) is 4.79 Å². The van der Waals surface area contributed by atoms with Crippen LogP contribution in [-0.2, 0) is 4.79 Å². The summed E-state index contributed by atoms with van der Waals surface area (Å²) in [5, 5.41) is 7.52. The number of hydrogen-bond acceptors (Lipinski definition) is 1. The van der Waals surface area contributed by atoms with Gasteiger partial charge in [-0.15, -0.1) is 0 Å². The molecule has 0 aromatic heterocycles. The Morgan fingerprint density at radius 1 is 0.632 bits per heavy atom. The number of aliphatic carboxylic acids is 1. The van der Waals surface area contributed by atoms with Gasteiger partial charge in [-0.1, -0.05) is 0 Å². The first-order valence-corrected chi connectivity index (χ1v) is 3.76. The van der Waals surface area contributed by atoms with E-state index in [2.05, 4.69) is 0 Å². The summed E-state index contributed by atoms with van der Waals surface area (Å²) >= 11 is 0. The molecule has 0 aliphatic heterocycles. The summed E-state index contributed by atoms with van der Waals surface area (Å²) in [6.07, 6.45) is -7.30. The predicted molar refractivity (Wildman–Crippen MR) is 33.5 cm³/mol. The normalized spacial score (nSPS) is 15.5. The van der Waals surface area contributed by atoms with E-state index >= 15 is 0 Å². The number of alkyl halides is 11. The largest absolute Gasteiger partial charge is 0.477 e. The molecule has 0 aliphatic carbocycles. The summed E-state index contributed by atoms with van der Waals surface area (Å²) in [6, 6.07) is 0. The molecule has 19 heavy (non-hydrogen) atoms. The van der Waals surface area contributed by atoms with Crippen LogP contribution in [0.4, 0.5) is 48.3 Å². The molecular formula is C6HF11O2. The third kappa shape index (κ3) is 2.18. The van der Waals surface area contributed by atoms with Crippen LogP contribution in [0.5, 0.6) is 0 Å². The van der Waals surface area contributed by atoms with Gasteiger partial charge < -0.3 is 5.11 Å². The molecule has 0 saturated carbocycles. The monoisotopic (exact) mass is 319 g/mol. The maximum atomic E-state index is 12.4. The fourth-order valence-corrected chi connectivity index (χ4v) is 0.707. The molecule has 0 aromatic rings. The van der Waals surface area contributed by atoms with Gasteiger partial charge in [0, 0.05) is 0 Å². The van der Waals surface area contributed by atoms with Gasteiger partial charge in [-0.3, -0.25) is 0 Å². The van der Waals surface area contributed by atoms with Crippen molar-refractivity contribution in [2.45, 2.75) is 29.9 Å². The molecule has 0 aromatic carbocycles. The van der Waals surface area contributed by atoms with E-state index in [-0.39, 0.29) is 0 Å². The van der Waals surface area contributed by atoms with Gasteiger partial charge in [0.05, 0.1) is 0 Å². The van der Waals surface area contributed by atoms with Gasteiger partial charge in [0.25, 0.3) is 0 Å². The minimum absolute atomic E-state index is 3.99.